The summed E-state index contributed by atoms with van der Waals surface area (Å²) >= 11 is 0. The van der Waals surface area contributed by atoms with Crippen LogP contribution >= 0.6 is 7.82 Å². The van der Waals surface area contributed by atoms with Crippen molar-refractivity contribution in [1.82, 2.24) is 0 Å². The van der Waals surface area contributed by atoms with Gasteiger partial charge in [0.15, 0.2) is 0 Å². The van der Waals surface area contributed by atoms with E-state index in [1.54, 1.807) is 0 Å². The van der Waals surface area contributed by atoms with E-state index in [-0.39, 0.29) is 69.4 Å². The number of halogens is 18. The second-order valence-electron chi connectivity index (χ2n) is 7.93. The predicted octanol–water partition coefficient (Wildman–Crippen LogP) is -12.3. The third-order valence-electron chi connectivity index (χ3n) is 4.57. The van der Waals surface area contributed by atoms with Crippen molar-refractivity contribution in [3.8, 4) is 0 Å². The quantitative estimate of drug-likeness (QED) is 0.115. The number of phosphoric acid groups is 1. The van der Waals surface area contributed by atoms with Gasteiger partial charge in [0, 0.05) is 0 Å². The van der Waals surface area contributed by atoms with E-state index in [9.17, 15) is 79.0 Å². The molecule has 2 saturated carbocycles. The van der Waals surface area contributed by atoms with Gasteiger partial charge in [-0.2, -0.15) is 70.2 Å². The molecular weight excluding hydrogens is 941 g/mol. The van der Waals surface area contributed by atoms with Crippen LogP contribution in [0, 0.1) is 0 Å². The fourth-order valence-electron chi connectivity index (χ4n) is 2.91. The number of hydrogen-bond donors (Lipinski definition) is 3. The first-order valence-electron chi connectivity index (χ1n) is 9.38. The fourth-order valence-corrected chi connectivity index (χ4v) is 2.91. The van der Waals surface area contributed by atoms with Crippen molar-refractivity contribution >= 4 is 104 Å². The zero-order valence-electron chi connectivity index (χ0n) is 22.7. The summed E-state index contributed by atoms with van der Waals surface area (Å²) in [7, 11) is -21.5. The molecule has 0 atom stereocenters. The van der Waals surface area contributed by atoms with Gasteiger partial charge in [0.2, 0.25) is 0 Å². The molecule has 2 aliphatic rings. The van der Waals surface area contributed by atoms with Crippen LogP contribution in [0.5, 0.6) is 0 Å². The van der Waals surface area contributed by atoms with Crippen LogP contribution in [0.4, 0.5) is 79.0 Å². The number of alkyl halides is 18. The molecular formula is C10H3Al4F18O16PSi3. The second kappa shape index (κ2) is 18.8. The van der Waals surface area contributed by atoms with Gasteiger partial charge in [-0.1, -0.05) is 0 Å². The van der Waals surface area contributed by atoms with Gasteiger partial charge in [0.25, 0.3) is 11.3 Å². The summed E-state index contributed by atoms with van der Waals surface area (Å²) in [6, 6.07) is 0. The molecule has 3 N–H and O–H groups in total. The maximum absolute atomic E-state index is 14.2. The Labute approximate surface area is 318 Å². The third kappa shape index (κ3) is 12.8. The average molecular weight is 944 g/mol. The van der Waals surface area contributed by atoms with E-state index in [0.717, 1.165) is 0 Å². The molecule has 0 aromatic carbocycles. The van der Waals surface area contributed by atoms with Gasteiger partial charge >= 0.3 is 125 Å². The molecule has 0 aromatic heterocycles. The Bertz CT molecular complexity index is 1000. The van der Waals surface area contributed by atoms with Crippen LogP contribution in [0.1, 0.15) is 0 Å². The average Bonchev–Trinajstić information content (AvgIpc) is 2.70. The van der Waals surface area contributed by atoms with Crippen LogP contribution in [-0.4, -0.2) is 170 Å². The summed E-state index contributed by atoms with van der Waals surface area (Å²) in [6.45, 7) is 0. The monoisotopic (exact) mass is 944 g/mol. The normalized spacial score (nSPS) is 27.8. The minimum absolute atomic E-state index is 0. The van der Waals surface area contributed by atoms with Gasteiger partial charge in [-0.3, -0.25) is 0 Å². The molecule has 0 aliphatic heterocycles. The van der Waals surface area contributed by atoms with Gasteiger partial charge in [-0.05, 0) is 0 Å². The smallest absolute Gasteiger partial charge is 0.894 e. The molecule has 2 aliphatic carbocycles. The second-order valence-corrected chi connectivity index (χ2v) is 12.0. The minimum atomic E-state index is -8.64. The molecule has 2 fully saturated rings. The molecule has 0 heterocycles. The zero-order valence-corrected chi connectivity index (χ0v) is 31.2. The molecule has 16 nitrogen and oxygen atoms in total. The van der Waals surface area contributed by atoms with Gasteiger partial charge in [-0.15, -0.1) is 0 Å². The van der Waals surface area contributed by atoms with E-state index in [0.29, 0.717) is 0 Å². The van der Waals surface area contributed by atoms with Crippen molar-refractivity contribution in [2.45, 2.75) is 58.7 Å². The van der Waals surface area contributed by atoms with E-state index in [2.05, 4.69) is 0 Å². The minimum Gasteiger partial charge on any atom is -0.894 e. The summed E-state index contributed by atoms with van der Waals surface area (Å²) < 4.78 is 249. The predicted molar refractivity (Wildman–Crippen MR) is 102 cm³/mol. The summed E-state index contributed by atoms with van der Waals surface area (Å²) in [5.41, 5.74) is -17.3. The number of rotatable bonds is 0. The Balaban J connectivity index is -0.000000139. The molecule has 0 spiro atoms. The Morgan fingerprint density at radius 2 is 0.365 bits per heavy atom. The molecule has 52 heavy (non-hydrogen) atoms. The van der Waals surface area contributed by atoms with E-state index in [1.165, 1.54) is 0 Å². The van der Waals surface area contributed by atoms with Gasteiger partial charge < -0.3 is 99.4 Å². The Kier molecular flexibility index (Phi) is 24.6. The number of hydrogen-bond acceptors (Lipinski definition) is 13. The van der Waals surface area contributed by atoms with E-state index in [1.807, 2.05) is 0 Å². The molecule has 0 amide bonds. The van der Waals surface area contributed by atoms with Gasteiger partial charge in [0.1, 0.15) is 0 Å². The number of fused-ring (bicyclic) bond motifs is 1. The standard InChI is InChI=1S/C10F18.4Al.H3O4P.3O4Si/c11-1-2(12,5(17,18)9(25,26)7(21,22)3(1,13)14)6(19,20)10(27,28)8(23,24)4(1,15)16;;;;;4*1-5(2,3)4/h;;;;;(H3,1,2,3,4);;;/q;4*+3;;3*-4. The van der Waals surface area contributed by atoms with Crippen molar-refractivity contribution in [3.63, 3.8) is 0 Å². The van der Waals surface area contributed by atoms with E-state index >= 15 is 0 Å². The first-order chi connectivity index (χ1) is 19.8. The molecule has 0 saturated heterocycles. The van der Waals surface area contributed by atoms with Crippen LogP contribution in [0.2, 0.25) is 0 Å². The van der Waals surface area contributed by atoms with Crippen LogP contribution < -0.4 is 57.5 Å². The Morgan fingerprint density at radius 3 is 0.423 bits per heavy atom. The fraction of sp³-hybridized carbons (Fsp3) is 1.00. The summed E-state index contributed by atoms with van der Waals surface area (Å²) in [5.74, 6) is -66.8. The van der Waals surface area contributed by atoms with Crippen molar-refractivity contribution in [1.29, 1.82) is 0 Å². The van der Waals surface area contributed by atoms with Crippen LogP contribution in [0.15, 0.2) is 0 Å². The molecule has 294 valence electrons. The topological polar surface area (TPSA) is 354 Å². The van der Waals surface area contributed by atoms with Crippen LogP contribution in [0.3, 0.4) is 0 Å². The maximum atomic E-state index is 14.2. The first-order valence-corrected chi connectivity index (χ1v) is 15.8. The Hall–Kier alpha value is 1.15. The summed E-state index contributed by atoms with van der Waals surface area (Å²) in [4.78, 5) is 124. The van der Waals surface area contributed by atoms with Gasteiger partial charge in [0.05, 0.1) is 0 Å². The van der Waals surface area contributed by atoms with Gasteiger partial charge in [-0.25, -0.2) is 13.3 Å². The molecule has 0 aromatic rings. The van der Waals surface area contributed by atoms with Crippen molar-refractivity contribution in [2.24, 2.45) is 0 Å². The molecule has 42 heteroatoms. The SMILES string of the molecule is FC1(F)C(F)(F)C(F)(F)C2(F)C(F)(F)C(F)(F)C(F)(F)C(F)(F)C2(F)C1(F)F.O=P(O)(O)O.[Al+3].[Al+3].[Al+3].[Al+3].[O-][Si]([O-])([O-])[O-].[O-][Si]([O-])([O-])[O-].[O-][Si]([O-])([O-])[O-]. The van der Waals surface area contributed by atoms with E-state index < -0.39 is 93.7 Å². The molecule has 0 bridgehead atoms. The molecule has 0 radical (unpaired) electrons. The van der Waals surface area contributed by atoms with E-state index in [4.69, 9.17) is 76.8 Å². The van der Waals surface area contributed by atoms with Crippen molar-refractivity contribution in [3.05, 3.63) is 0 Å². The van der Waals surface area contributed by atoms with Crippen molar-refractivity contribution in [2.75, 3.05) is 0 Å². The Morgan fingerprint density at radius 1 is 0.308 bits per heavy atom. The maximum Gasteiger partial charge on any atom is 3.00 e. The summed E-state index contributed by atoms with van der Waals surface area (Å²) in [5, 5.41) is 0. The third-order valence-corrected chi connectivity index (χ3v) is 4.57. The molecule has 2 rings (SSSR count). The largest absolute Gasteiger partial charge is 3.00 e. The van der Waals surface area contributed by atoms with Crippen molar-refractivity contribution < 1.29 is 156 Å². The summed E-state index contributed by atoms with van der Waals surface area (Å²) in [6.07, 6.45) is 0. The first kappa shape index (κ1) is 67.9. The molecule has 0 unspecified atom stereocenters. The van der Waals surface area contributed by atoms with Crippen LogP contribution in [0.25, 0.3) is 0 Å². The zero-order chi connectivity index (χ0) is 41.0. The van der Waals surface area contributed by atoms with Crippen LogP contribution in [-0.2, 0) is 4.57 Å².